The number of nitrogens with zero attached hydrogens (tertiary/aromatic N) is 4. The van der Waals surface area contributed by atoms with E-state index in [1.807, 2.05) is 34.8 Å². The monoisotopic (exact) mass is 339 g/mol. The van der Waals surface area contributed by atoms with Crippen molar-refractivity contribution in [3.8, 4) is 11.5 Å². The maximum atomic E-state index is 5.42. The van der Waals surface area contributed by atoms with Crippen LogP contribution in [0.2, 0.25) is 0 Å². The number of ether oxygens (including phenoxy) is 2. The molecule has 3 aromatic rings. The van der Waals surface area contributed by atoms with Crippen LogP contribution in [-0.4, -0.2) is 40.6 Å². The summed E-state index contributed by atoms with van der Waals surface area (Å²) in [6, 6.07) is 9.71. The van der Waals surface area contributed by atoms with Crippen LogP contribution in [-0.2, 0) is 6.42 Å². The van der Waals surface area contributed by atoms with Crippen LogP contribution < -0.4 is 14.8 Å². The Morgan fingerprint density at radius 2 is 2.00 bits per heavy atom. The molecule has 0 aliphatic heterocycles. The molecule has 2 heterocycles. The van der Waals surface area contributed by atoms with Crippen molar-refractivity contribution in [2.75, 3.05) is 26.1 Å². The number of hydrogen-bond acceptors (Lipinski definition) is 6. The molecule has 7 nitrogen and oxygen atoms in total. The molecule has 0 spiro atoms. The first-order valence-corrected chi connectivity index (χ1v) is 8.45. The first kappa shape index (κ1) is 15.7. The van der Waals surface area contributed by atoms with Crippen LogP contribution in [0, 0.1) is 0 Å². The molecule has 1 N–H and O–H groups in total. The molecule has 1 aromatic carbocycles. The summed E-state index contributed by atoms with van der Waals surface area (Å²) in [6.45, 7) is 0.739. The van der Waals surface area contributed by atoms with E-state index >= 15 is 0 Å². The lowest BCUT2D eigenvalue weighted by Gasteiger charge is -2.11. The first-order valence-electron chi connectivity index (χ1n) is 8.45. The number of rotatable bonds is 7. The van der Waals surface area contributed by atoms with E-state index in [2.05, 4.69) is 20.6 Å². The fourth-order valence-electron chi connectivity index (χ4n) is 2.90. The van der Waals surface area contributed by atoms with E-state index in [0.29, 0.717) is 5.92 Å². The summed E-state index contributed by atoms with van der Waals surface area (Å²) < 4.78 is 12.6. The van der Waals surface area contributed by atoms with Crippen molar-refractivity contribution in [1.82, 2.24) is 19.8 Å². The Morgan fingerprint density at radius 1 is 1.12 bits per heavy atom. The number of hydrogen-bond donors (Lipinski definition) is 1. The topological polar surface area (TPSA) is 73.6 Å². The minimum Gasteiger partial charge on any atom is -0.497 e. The lowest BCUT2D eigenvalue weighted by atomic mass is 10.1. The molecule has 0 amide bonds. The molecule has 0 radical (unpaired) electrons. The highest BCUT2D eigenvalue weighted by molar-refractivity contribution is 5.45. The Hall–Kier alpha value is -2.83. The highest BCUT2D eigenvalue weighted by Gasteiger charge is 2.29. The van der Waals surface area contributed by atoms with Crippen LogP contribution in [0.25, 0.3) is 5.65 Å². The Bertz CT molecular complexity index is 888. The molecule has 4 rings (SSSR count). The third kappa shape index (κ3) is 3.22. The first-order chi connectivity index (χ1) is 12.3. The van der Waals surface area contributed by atoms with Crippen molar-refractivity contribution < 1.29 is 9.47 Å². The highest BCUT2D eigenvalue weighted by atomic mass is 16.5. The van der Waals surface area contributed by atoms with Gasteiger partial charge in [0.2, 0.25) is 0 Å². The highest BCUT2D eigenvalue weighted by Crippen LogP contribution is 2.38. The van der Waals surface area contributed by atoms with Crippen LogP contribution in [0.5, 0.6) is 11.5 Å². The largest absolute Gasteiger partial charge is 0.497 e. The number of aromatic nitrogens is 4. The van der Waals surface area contributed by atoms with Gasteiger partial charge in [0, 0.05) is 12.5 Å². The average Bonchev–Trinajstić information content (AvgIpc) is 3.41. The second-order valence-electron chi connectivity index (χ2n) is 6.18. The molecule has 0 atom stereocenters. The Labute approximate surface area is 146 Å². The summed E-state index contributed by atoms with van der Waals surface area (Å²) in [5.41, 5.74) is 1.89. The van der Waals surface area contributed by atoms with E-state index in [-0.39, 0.29) is 0 Å². The van der Waals surface area contributed by atoms with Crippen LogP contribution >= 0.6 is 0 Å². The number of benzene rings is 1. The standard InChI is InChI=1S/C18H21N5O2/c1-24-14-5-6-15(25-2)13(11-14)9-10-19-16-7-8-17-20-21-18(12-3-4-12)23(17)22-16/h5-8,11-12H,3-4,9-10H2,1-2H3,(H,19,22). The van der Waals surface area contributed by atoms with Gasteiger partial charge in [-0.2, -0.15) is 4.52 Å². The zero-order valence-corrected chi connectivity index (χ0v) is 14.4. The fourth-order valence-corrected chi connectivity index (χ4v) is 2.90. The van der Waals surface area contributed by atoms with Gasteiger partial charge in [0.1, 0.15) is 17.3 Å². The molecule has 7 heteroatoms. The normalized spacial score (nSPS) is 13.8. The van der Waals surface area contributed by atoms with Gasteiger partial charge in [0.05, 0.1) is 14.2 Å². The number of nitrogens with one attached hydrogen (secondary N) is 1. The molecule has 1 fully saturated rings. The van der Waals surface area contributed by atoms with Gasteiger partial charge in [-0.15, -0.1) is 15.3 Å². The number of fused-ring (bicyclic) bond motifs is 1. The van der Waals surface area contributed by atoms with E-state index in [0.717, 1.165) is 47.3 Å². The maximum absolute atomic E-state index is 5.42. The molecule has 2 aromatic heterocycles. The fraction of sp³-hybridized carbons (Fsp3) is 0.389. The van der Waals surface area contributed by atoms with E-state index in [1.165, 1.54) is 12.8 Å². The number of anilines is 1. The summed E-state index contributed by atoms with van der Waals surface area (Å²) in [5, 5.41) is 16.4. The van der Waals surface area contributed by atoms with Gasteiger partial charge < -0.3 is 14.8 Å². The van der Waals surface area contributed by atoms with Gasteiger partial charge in [-0.05, 0) is 55.2 Å². The van der Waals surface area contributed by atoms with Gasteiger partial charge in [0.15, 0.2) is 11.5 Å². The summed E-state index contributed by atoms with van der Waals surface area (Å²) in [4.78, 5) is 0. The molecule has 25 heavy (non-hydrogen) atoms. The summed E-state index contributed by atoms with van der Waals surface area (Å²) >= 11 is 0. The summed E-state index contributed by atoms with van der Waals surface area (Å²) in [7, 11) is 3.35. The third-order valence-corrected chi connectivity index (χ3v) is 4.42. The zero-order valence-electron chi connectivity index (χ0n) is 14.4. The van der Waals surface area contributed by atoms with Crippen LogP contribution in [0.4, 0.5) is 5.82 Å². The molecule has 1 aliphatic rings. The Kier molecular flexibility index (Phi) is 4.13. The Balaban J connectivity index is 1.46. The lowest BCUT2D eigenvalue weighted by molar-refractivity contribution is 0.399. The van der Waals surface area contributed by atoms with Crippen molar-refractivity contribution in [2.45, 2.75) is 25.2 Å². The van der Waals surface area contributed by atoms with E-state index in [9.17, 15) is 0 Å². The molecular formula is C18H21N5O2. The van der Waals surface area contributed by atoms with Gasteiger partial charge in [0.25, 0.3) is 0 Å². The molecule has 1 aliphatic carbocycles. The minimum atomic E-state index is 0.513. The average molecular weight is 339 g/mol. The van der Waals surface area contributed by atoms with E-state index in [4.69, 9.17) is 9.47 Å². The van der Waals surface area contributed by atoms with Crippen molar-refractivity contribution in [3.05, 3.63) is 41.7 Å². The van der Waals surface area contributed by atoms with Gasteiger partial charge >= 0.3 is 0 Å². The maximum Gasteiger partial charge on any atom is 0.178 e. The molecule has 0 bridgehead atoms. The van der Waals surface area contributed by atoms with Crippen molar-refractivity contribution in [3.63, 3.8) is 0 Å². The quantitative estimate of drug-likeness (QED) is 0.713. The van der Waals surface area contributed by atoms with Crippen LogP contribution in [0.15, 0.2) is 30.3 Å². The molecular weight excluding hydrogens is 318 g/mol. The van der Waals surface area contributed by atoms with E-state index < -0.39 is 0 Å². The van der Waals surface area contributed by atoms with E-state index in [1.54, 1.807) is 14.2 Å². The minimum absolute atomic E-state index is 0.513. The predicted octanol–water partition coefficient (Wildman–Crippen LogP) is 2.67. The smallest absolute Gasteiger partial charge is 0.178 e. The predicted molar refractivity (Wildman–Crippen MR) is 94.5 cm³/mol. The molecule has 0 unspecified atom stereocenters. The summed E-state index contributed by atoms with van der Waals surface area (Å²) in [5.74, 6) is 3.98. The number of methoxy groups -OCH3 is 2. The second kappa shape index (κ2) is 6.58. The van der Waals surface area contributed by atoms with Crippen LogP contribution in [0.1, 0.15) is 30.1 Å². The SMILES string of the molecule is COc1ccc(OC)c(CCNc2ccc3nnc(C4CC4)n3n2)c1. The molecule has 1 saturated carbocycles. The van der Waals surface area contributed by atoms with Gasteiger partial charge in [-0.1, -0.05) is 0 Å². The van der Waals surface area contributed by atoms with Crippen LogP contribution in [0.3, 0.4) is 0 Å². The van der Waals surface area contributed by atoms with Gasteiger partial charge in [-0.3, -0.25) is 0 Å². The summed E-state index contributed by atoms with van der Waals surface area (Å²) in [6.07, 6.45) is 3.16. The van der Waals surface area contributed by atoms with Crippen molar-refractivity contribution >= 4 is 11.5 Å². The Morgan fingerprint density at radius 3 is 2.76 bits per heavy atom. The lowest BCUT2D eigenvalue weighted by Crippen LogP contribution is -2.09. The zero-order chi connectivity index (χ0) is 17.2. The van der Waals surface area contributed by atoms with Crippen molar-refractivity contribution in [1.29, 1.82) is 0 Å². The third-order valence-electron chi connectivity index (χ3n) is 4.42. The molecule has 0 saturated heterocycles. The van der Waals surface area contributed by atoms with Gasteiger partial charge in [-0.25, -0.2) is 0 Å². The van der Waals surface area contributed by atoms with Crippen molar-refractivity contribution in [2.24, 2.45) is 0 Å². The second-order valence-corrected chi connectivity index (χ2v) is 6.18. The molecule has 130 valence electrons.